The first-order valence-electron chi connectivity index (χ1n) is 14.8. The van der Waals surface area contributed by atoms with Crippen LogP contribution < -0.4 is 15.4 Å². The minimum atomic E-state index is -1.06. The fourth-order valence-corrected chi connectivity index (χ4v) is 7.02. The van der Waals surface area contributed by atoms with Crippen molar-refractivity contribution in [2.24, 2.45) is 11.8 Å². The minimum absolute atomic E-state index is 0.135. The van der Waals surface area contributed by atoms with Gasteiger partial charge in [0.1, 0.15) is 17.4 Å². The Balaban J connectivity index is 1.39. The predicted octanol–water partition coefficient (Wildman–Crippen LogP) is 3.66. The zero-order chi connectivity index (χ0) is 29.0. The van der Waals surface area contributed by atoms with Gasteiger partial charge in [-0.05, 0) is 69.4 Å². The number of nitrogens with one attached hydrogen (secondary N) is 2. The number of aliphatic hydroxyl groups is 1. The molecule has 0 aromatic heterocycles. The topological polar surface area (TPSA) is 117 Å². The number of nitrogens with zero attached hydrogens (tertiary/aromatic N) is 1. The monoisotopic (exact) mass is 563 g/mol. The van der Waals surface area contributed by atoms with Gasteiger partial charge in [-0.2, -0.15) is 0 Å². The lowest BCUT2D eigenvalue weighted by Gasteiger charge is -2.33. The van der Waals surface area contributed by atoms with E-state index in [4.69, 9.17) is 14.6 Å². The van der Waals surface area contributed by atoms with Crippen LogP contribution in [0.5, 0.6) is 5.75 Å². The van der Waals surface area contributed by atoms with Crippen LogP contribution in [0.25, 0.3) is 0 Å². The number of hydrogen-bond donors (Lipinski definition) is 3. The molecule has 9 heteroatoms. The zero-order valence-electron chi connectivity index (χ0n) is 23.9. The summed E-state index contributed by atoms with van der Waals surface area (Å²) >= 11 is 0. The SMILES string of the molecule is CCOc1ccc(NC(=O)[C@H]2[C@H]3C(=O)N(CCCCCCO)C(C(=O)NCc4ccccc4)C34CC[C@]2(C)O4)cc1. The van der Waals surface area contributed by atoms with E-state index >= 15 is 0 Å². The molecule has 5 rings (SSSR count). The Morgan fingerprint density at radius 3 is 2.46 bits per heavy atom. The summed E-state index contributed by atoms with van der Waals surface area (Å²) in [6.07, 6.45) is 4.22. The summed E-state index contributed by atoms with van der Waals surface area (Å²) < 4.78 is 12.2. The summed E-state index contributed by atoms with van der Waals surface area (Å²) in [4.78, 5) is 43.5. The summed E-state index contributed by atoms with van der Waals surface area (Å²) in [7, 11) is 0. The van der Waals surface area contributed by atoms with Gasteiger partial charge in [0.25, 0.3) is 0 Å². The highest BCUT2D eigenvalue weighted by Gasteiger charge is 2.77. The van der Waals surface area contributed by atoms with E-state index in [-0.39, 0.29) is 24.3 Å². The van der Waals surface area contributed by atoms with E-state index in [1.54, 1.807) is 29.2 Å². The maximum absolute atomic E-state index is 14.1. The molecular weight excluding hydrogens is 522 g/mol. The normalized spacial score (nSPS) is 28.0. The number of amides is 3. The van der Waals surface area contributed by atoms with Gasteiger partial charge in [-0.3, -0.25) is 14.4 Å². The van der Waals surface area contributed by atoms with Gasteiger partial charge in [-0.25, -0.2) is 0 Å². The molecule has 5 atom stereocenters. The molecule has 41 heavy (non-hydrogen) atoms. The number of carbonyl (C=O) groups excluding carboxylic acids is 3. The van der Waals surface area contributed by atoms with Crippen LogP contribution in [-0.2, 0) is 25.7 Å². The first-order chi connectivity index (χ1) is 19.8. The van der Waals surface area contributed by atoms with Gasteiger partial charge in [-0.1, -0.05) is 43.2 Å². The molecule has 3 N–H and O–H groups in total. The molecule has 2 unspecified atom stereocenters. The van der Waals surface area contributed by atoms with Gasteiger partial charge in [0.05, 0.1) is 24.0 Å². The molecule has 2 bridgehead atoms. The number of likely N-dealkylation sites (tertiary alicyclic amines) is 1. The Hall–Kier alpha value is -3.43. The van der Waals surface area contributed by atoms with Crippen LogP contribution >= 0.6 is 0 Å². The van der Waals surface area contributed by atoms with Gasteiger partial charge < -0.3 is 30.1 Å². The minimum Gasteiger partial charge on any atom is -0.494 e. The average Bonchev–Trinajstić information content (AvgIpc) is 3.54. The molecule has 3 aliphatic heterocycles. The molecule has 2 aromatic rings. The number of ether oxygens (including phenoxy) is 2. The molecule has 3 amide bonds. The van der Waals surface area contributed by atoms with Crippen molar-refractivity contribution in [3.8, 4) is 5.75 Å². The molecule has 3 aliphatic rings. The fraction of sp³-hybridized carbons (Fsp3) is 0.531. The van der Waals surface area contributed by atoms with Crippen LogP contribution in [0.3, 0.4) is 0 Å². The third-order valence-corrected chi connectivity index (χ3v) is 8.86. The van der Waals surface area contributed by atoms with E-state index in [2.05, 4.69) is 10.6 Å². The van der Waals surface area contributed by atoms with Crippen LogP contribution in [-0.4, -0.2) is 64.7 Å². The van der Waals surface area contributed by atoms with Gasteiger partial charge in [0.15, 0.2) is 0 Å². The highest BCUT2D eigenvalue weighted by atomic mass is 16.5. The average molecular weight is 564 g/mol. The van der Waals surface area contributed by atoms with Crippen molar-refractivity contribution < 1.29 is 29.0 Å². The van der Waals surface area contributed by atoms with E-state index < -0.39 is 29.1 Å². The predicted molar refractivity (Wildman–Crippen MR) is 154 cm³/mol. The molecule has 3 heterocycles. The molecule has 220 valence electrons. The summed E-state index contributed by atoms with van der Waals surface area (Å²) in [5.41, 5.74) is -0.326. The third-order valence-electron chi connectivity index (χ3n) is 8.86. The van der Waals surface area contributed by atoms with Crippen molar-refractivity contribution in [2.75, 3.05) is 25.1 Å². The maximum atomic E-state index is 14.1. The number of fused-ring (bicyclic) bond motifs is 1. The smallest absolute Gasteiger partial charge is 0.246 e. The lowest BCUT2D eigenvalue weighted by atomic mass is 9.66. The van der Waals surface area contributed by atoms with Gasteiger partial charge >= 0.3 is 0 Å². The molecule has 2 aromatic carbocycles. The van der Waals surface area contributed by atoms with Crippen molar-refractivity contribution in [3.05, 3.63) is 60.2 Å². The van der Waals surface area contributed by atoms with Crippen LogP contribution in [0.4, 0.5) is 5.69 Å². The molecule has 0 saturated carbocycles. The van der Waals surface area contributed by atoms with Gasteiger partial charge in [0, 0.05) is 25.4 Å². The van der Waals surface area contributed by atoms with Crippen molar-refractivity contribution in [3.63, 3.8) is 0 Å². The van der Waals surface area contributed by atoms with Crippen LogP contribution in [0.2, 0.25) is 0 Å². The number of benzene rings is 2. The number of anilines is 1. The number of rotatable bonds is 13. The second-order valence-corrected chi connectivity index (χ2v) is 11.5. The second-order valence-electron chi connectivity index (χ2n) is 11.5. The molecule has 3 saturated heterocycles. The summed E-state index contributed by atoms with van der Waals surface area (Å²) in [5.74, 6) is -1.47. The number of carbonyl (C=O) groups is 3. The lowest BCUT2D eigenvalue weighted by Crippen LogP contribution is -2.55. The molecule has 3 fully saturated rings. The molecular formula is C32H41N3O6. The van der Waals surface area contributed by atoms with Crippen LogP contribution in [0.15, 0.2) is 54.6 Å². The van der Waals surface area contributed by atoms with Crippen molar-refractivity contribution >= 4 is 23.4 Å². The van der Waals surface area contributed by atoms with Gasteiger partial charge in [0.2, 0.25) is 17.7 Å². The first-order valence-corrected chi connectivity index (χ1v) is 14.8. The van der Waals surface area contributed by atoms with Crippen molar-refractivity contribution in [1.82, 2.24) is 10.2 Å². The standard InChI is InChI=1S/C32H41N3O6/c1-3-40-24-15-13-23(14-16-24)34-28(37)25-26-30(39)35(19-9-4-5-10-20-36)27(32(26)18-17-31(25,2)41-32)29(38)33-21-22-11-7-6-8-12-22/h6-8,11-16,25-27,36H,3-5,9-10,17-21H2,1-2H3,(H,33,38)(H,34,37)/t25-,26+,27?,31+,32?/m1/s1. The maximum Gasteiger partial charge on any atom is 0.246 e. The van der Waals surface area contributed by atoms with E-state index in [1.807, 2.05) is 44.2 Å². The fourth-order valence-electron chi connectivity index (χ4n) is 7.02. The summed E-state index contributed by atoms with van der Waals surface area (Å²) in [5, 5.41) is 15.2. The lowest BCUT2D eigenvalue weighted by molar-refractivity contribution is -0.145. The second kappa shape index (κ2) is 12.2. The Labute approximate surface area is 241 Å². The number of unbranched alkanes of at least 4 members (excludes halogenated alkanes) is 3. The van der Waals surface area contributed by atoms with Gasteiger partial charge in [-0.15, -0.1) is 0 Å². The van der Waals surface area contributed by atoms with E-state index in [1.165, 1.54) is 0 Å². The molecule has 0 aliphatic carbocycles. The quantitative estimate of drug-likeness (QED) is 0.320. The third kappa shape index (κ3) is 5.57. The van der Waals surface area contributed by atoms with E-state index in [0.29, 0.717) is 56.8 Å². The largest absolute Gasteiger partial charge is 0.494 e. The van der Waals surface area contributed by atoms with E-state index in [0.717, 1.165) is 18.4 Å². The Bertz CT molecular complexity index is 1240. The zero-order valence-corrected chi connectivity index (χ0v) is 23.9. The Morgan fingerprint density at radius 2 is 1.76 bits per heavy atom. The van der Waals surface area contributed by atoms with Crippen molar-refractivity contribution in [2.45, 2.75) is 76.2 Å². The molecule has 0 radical (unpaired) electrons. The highest BCUT2D eigenvalue weighted by molar-refractivity contribution is 6.02. The molecule has 1 spiro atoms. The number of hydrogen-bond acceptors (Lipinski definition) is 6. The number of aliphatic hydroxyl groups excluding tert-OH is 1. The van der Waals surface area contributed by atoms with Crippen LogP contribution in [0.1, 0.15) is 57.9 Å². The Kier molecular flexibility index (Phi) is 8.66. The van der Waals surface area contributed by atoms with E-state index in [9.17, 15) is 14.4 Å². The Morgan fingerprint density at radius 1 is 1.02 bits per heavy atom. The van der Waals surface area contributed by atoms with Crippen LogP contribution in [0, 0.1) is 11.8 Å². The van der Waals surface area contributed by atoms with Crippen molar-refractivity contribution in [1.29, 1.82) is 0 Å². The summed E-state index contributed by atoms with van der Waals surface area (Å²) in [6, 6.07) is 16.0. The first kappa shape index (κ1) is 29.1. The molecule has 9 nitrogen and oxygen atoms in total. The highest BCUT2D eigenvalue weighted by Crippen LogP contribution is 2.63. The summed E-state index contributed by atoms with van der Waals surface area (Å²) in [6.45, 7) is 5.23.